The van der Waals surface area contributed by atoms with Crippen molar-refractivity contribution < 1.29 is 14.3 Å². The molecule has 130 valence electrons. The van der Waals surface area contributed by atoms with Crippen LogP contribution in [0, 0.1) is 5.92 Å². The maximum absolute atomic E-state index is 12.5. The number of benzene rings is 1. The van der Waals surface area contributed by atoms with Gasteiger partial charge in [-0.2, -0.15) is 0 Å². The highest BCUT2D eigenvalue weighted by Gasteiger charge is 2.28. The number of rotatable bonds is 4. The van der Waals surface area contributed by atoms with Gasteiger partial charge in [-0.15, -0.1) is 0 Å². The lowest BCUT2D eigenvalue weighted by molar-refractivity contribution is -0.121. The zero-order chi connectivity index (χ0) is 17.6. The van der Waals surface area contributed by atoms with E-state index in [2.05, 4.69) is 15.3 Å². The summed E-state index contributed by atoms with van der Waals surface area (Å²) in [5.41, 5.74) is 1.05. The number of anilines is 1. The van der Waals surface area contributed by atoms with E-state index < -0.39 is 0 Å². The molecule has 1 fully saturated rings. The largest absolute Gasteiger partial charge is 0.480 e. The topological polar surface area (TPSA) is 84.4 Å². The molecule has 0 bridgehead atoms. The zero-order valence-corrected chi connectivity index (χ0v) is 14.0. The van der Waals surface area contributed by atoms with Gasteiger partial charge in [0.2, 0.25) is 11.8 Å². The SMILES string of the molecule is COc1cncc(C(=O)N2CCC(C(=O)Nc3ccccc3)CC2)n1. The van der Waals surface area contributed by atoms with Crippen LogP contribution in [-0.2, 0) is 4.79 Å². The van der Waals surface area contributed by atoms with Gasteiger partial charge < -0.3 is 15.0 Å². The summed E-state index contributed by atoms with van der Waals surface area (Å²) in [7, 11) is 1.48. The third kappa shape index (κ3) is 4.12. The van der Waals surface area contributed by atoms with E-state index in [9.17, 15) is 9.59 Å². The Kier molecular flexibility index (Phi) is 5.23. The molecule has 1 aromatic carbocycles. The third-order valence-corrected chi connectivity index (χ3v) is 4.23. The molecule has 0 atom stereocenters. The Hall–Kier alpha value is -2.96. The predicted molar refractivity (Wildman–Crippen MR) is 92.3 cm³/mol. The lowest BCUT2D eigenvalue weighted by Gasteiger charge is -2.31. The number of aromatic nitrogens is 2. The lowest BCUT2D eigenvalue weighted by atomic mass is 9.95. The van der Waals surface area contributed by atoms with Crippen LogP contribution in [0.4, 0.5) is 5.69 Å². The number of carbonyl (C=O) groups is 2. The maximum Gasteiger partial charge on any atom is 0.274 e. The first-order chi connectivity index (χ1) is 12.2. The number of piperidine rings is 1. The van der Waals surface area contributed by atoms with Crippen molar-refractivity contribution in [1.82, 2.24) is 14.9 Å². The summed E-state index contributed by atoms with van der Waals surface area (Å²) < 4.78 is 5.00. The van der Waals surface area contributed by atoms with Gasteiger partial charge >= 0.3 is 0 Å². The Bertz CT molecular complexity index is 743. The molecule has 0 radical (unpaired) electrons. The molecule has 1 saturated heterocycles. The van der Waals surface area contributed by atoms with E-state index in [1.807, 2.05) is 30.3 Å². The Morgan fingerprint density at radius 3 is 2.56 bits per heavy atom. The minimum Gasteiger partial charge on any atom is -0.480 e. The number of hydrogen-bond donors (Lipinski definition) is 1. The van der Waals surface area contributed by atoms with Crippen molar-refractivity contribution in [2.45, 2.75) is 12.8 Å². The first kappa shape index (κ1) is 16.9. The molecule has 25 heavy (non-hydrogen) atoms. The van der Waals surface area contributed by atoms with Gasteiger partial charge in [-0.1, -0.05) is 18.2 Å². The molecular formula is C18H20N4O3. The normalized spacial score (nSPS) is 14.8. The summed E-state index contributed by atoms with van der Waals surface area (Å²) in [6, 6.07) is 9.38. The number of carbonyl (C=O) groups excluding carboxylic acids is 2. The first-order valence-corrected chi connectivity index (χ1v) is 8.18. The standard InChI is InChI=1S/C18H20N4O3/c1-25-16-12-19-11-15(21-16)18(24)22-9-7-13(8-10-22)17(23)20-14-5-3-2-4-6-14/h2-6,11-13H,7-10H2,1H3,(H,20,23). The Morgan fingerprint density at radius 1 is 1.16 bits per heavy atom. The molecule has 7 nitrogen and oxygen atoms in total. The molecule has 3 rings (SSSR count). The Morgan fingerprint density at radius 2 is 1.88 bits per heavy atom. The summed E-state index contributed by atoms with van der Waals surface area (Å²) >= 11 is 0. The highest BCUT2D eigenvalue weighted by atomic mass is 16.5. The molecule has 2 amide bonds. The highest BCUT2D eigenvalue weighted by molar-refractivity contribution is 5.94. The average molecular weight is 340 g/mol. The first-order valence-electron chi connectivity index (χ1n) is 8.18. The minimum absolute atomic E-state index is 0.000490. The molecule has 0 aliphatic carbocycles. The number of amides is 2. The monoisotopic (exact) mass is 340 g/mol. The van der Waals surface area contributed by atoms with Crippen molar-refractivity contribution in [1.29, 1.82) is 0 Å². The van der Waals surface area contributed by atoms with Gasteiger partial charge in [0.15, 0.2) is 5.69 Å². The van der Waals surface area contributed by atoms with E-state index in [1.165, 1.54) is 19.5 Å². The molecule has 7 heteroatoms. The van der Waals surface area contributed by atoms with Gasteiger partial charge in [0, 0.05) is 24.7 Å². The molecule has 1 N–H and O–H groups in total. The second-order valence-electron chi connectivity index (χ2n) is 5.87. The van der Waals surface area contributed by atoms with Gasteiger partial charge in [-0.3, -0.25) is 14.6 Å². The summed E-state index contributed by atoms with van der Waals surface area (Å²) in [5.74, 6) is 0.0245. The third-order valence-electron chi connectivity index (χ3n) is 4.23. The fourth-order valence-electron chi connectivity index (χ4n) is 2.82. The number of methoxy groups -OCH3 is 1. The van der Waals surface area contributed by atoms with Gasteiger partial charge in [0.25, 0.3) is 5.91 Å². The van der Waals surface area contributed by atoms with Crippen molar-refractivity contribution in [2.24, 2.45) is 5.92 Å². The minimum atomic E-state index is -0.187. The number of nitrogens with one attached hydrogen (secondary N) is 1. The molecule has 1 aromatic heterocycles. The summed E-state index contributed by atoms with van der Waals surface area (Å²) in [5, 5.41) is 2.92. The van der Waals surface area contributed by atoms with Crippen molar-refractivity contribution in [2.75, 3.05) is 25.5 Å². The second kappa shape index (κ2) is 7.74. The van der Waals surface area contributed by atoms with Gasteiger partial charge in [-0.25, -0.2) is 4.98 Å². The van der Waals surface area contributed by atoms with Crippen molar-refractivity contribution >= 4 is 17.5 Å². The van der Waals surface area contributed by atoms with Crippen LogP contribution in [0.3, 0.4) is 0 Å². The lowest BCUT2D eigenvalue weighted by Crippen LogP contribution is -2.41. The van der Waals surface area contributed by atoms with Gasteiger partial charge in [0.05, 0.1) is 19.5 Å². The predicted octanol–water partition coefficient (Wildman–Crippen LogP) is 1.98. The molecular weight excluding hydrogens is 320 g/mol. The molecule has 0 spiro atoms. The van der Waals surface area contributed by atoms with Crippen LogP contribution >= 0.6 is 0 Å². The number of ether oxygens (including phenoxy) is 1. The molecule has 1 aliphatic rings. The summed E-state index contributed by atoms with van der Waals surface area (Å²) in [6.45, 7) is 1.04. The molecule has 2 aromatic rings. The molecule has 2 heterocycles. The van der Waals surface area contributed by atoms with Gasteiger partial charge in [-0.05, 0) is 25.0 Å². The molecule has 1 aliphatic heterocycles. The Labute approximate surface area is 146 Å². The van der Waals surface area contributed by atoms with E-state index in [-0.39, 0.29) is 23.4 Å². The van der Waals surface area contributed by atoms with Crippen molar-refractivity contribution in [3.05, 3.63) is 48.4 Å². The molecule has 0 unspecified atom stereocenters. The van der Waals surface area contributed by atoms with Crippen LogP contribution in [-0.4, -0.2) is 46.9 Å². The summed E-state index contributed by atoms with van der Waals surface area (Å²) in [6.07, 6.45) is 4.14. The number of hydrogen-bond acceptors (Lipinski definition) is 5. The van der Waals surface area contributed by atoms with Crippen LogP contribution in [0.15, 0.2) is 42.7 Å². The van der Waals surface area contributed by atoms with Crippen LogP contribution in [0.5, 0.6) is 5.88 Å². The van der Waals surface area contributed by atoms with Crippen LogP contribution in [0.2, 0.25) is 0 Å². The smallest absolute Gasteiger partial charge is 0.274 e. The quantitative estimate of drug-likeness (QED) is 0.920. The number of para-hydroxylation sites is 1. The fourth-order valence-corrected chi connectivity index (χ4v) is 2.82. The molecule has 0 saturated carbocycles. The number of likely N-dealkylation sites (tertiary alicyclic amines) is 1. The van der Waals surface area contributed by atoms with E-state index in [4.69, 9.17) is 4.74 Å². The maximum atomic E-state index is 12.5. The van der Waals surface area contributed by atoms with E-state index >= 15 is 0 Å². The van der Waals surface area contributed by atoms with E-state index in [0.29, 0.717) is 31.8 Å². The summed E-state index contributed by atoms with van der Waals surface area (Å²) in [4.78, 5) is 34.6. The number of nitrogens with zero attached hydrogens (tertiary/aromatic N) is 3. The van der Waals surface area contributed by atoms with Gasteiger partial charge in [0.1, 0.15) is 0 Å². The zero-order valence-electron chi connectivity index (χ0n) is 14.0. The van der Waals surface area contributed by atoms with E-state index in [1.54, 1.807) is 4.90 Å². The van der Waals surface area contributed by atoms with Crippen LogP contribution in [0.25, 0.3) is 0 Å². The van der Waals surface area contributed by atoms with Crippen molar-refractivity contribution in [3.8, 4) is 5.88 Å². The highest BCUT2D eigenvalue weighted by Crippen LogP contribution is 2.21. The van der Waals surface area contributed by atoms with Crippen LogP contribution < -0.4 is 10.1 Å². The Balaban J connectivity index is 1.56. The van der Waals surface area contributed by atoms with Crippen molar-refractivity contribution in [3.63, 3.8) is 0 Å². The van der Waals surface area contributed by atoms with Crippen LogP contribution in [0.1, 0.15) is 23.3 Å². The van der Waals surface area contributed by atoms with E-state index in [0.717, 1.165) is 5.69 Å². The average Bonchev–Trinajstić information content (AvgIpc) is 2.68. The fraction of sp³-hybridized carbons (Fsp3) is 0.333. The second-order valence-corrected chi connectivity index (χ2v) is 5.87.